The van der Waals surface area contributed by atoms with Crippen LogP contribution >= 0.6 is 11.3 Å². The highest BCUT2D eigenvalue weighted by atomic mass is 32.1. The predicted octanol–water partition coefficient (Wildman–Crippen LogP) is 3.28. The predicted molar refractivity (Wildman–Crippen MR) is 76.6 cm³/mol. The number of fused-ring (bicyclic) bond motifs is 1. The Labute approximate surface area is 114 Å². The van der Waals surface area contributed by atoms with E-state index in [-0.39, 0.29) is 0 Å². The molecule has 1 aromatic carbocycles. The van der Waals surface area contributed by atoms with E-state index < -0.39 is 0 Å². The number of nitrogens with zero attached hydrogens (tertiary/aromatic N) is 3. The van der Waals surface area contributed by atoms with E-state index >= 15 is 0 Å². The molecule has 19 heavy (non-hydrogen) atoms. The maximum absolute atomic E-state index is 5.75. The van der Waals surface area contributed by atoms with Crippen LogP contribution < -0.4 is 10.5 Å². The normalized spacial score (nSPS) is 11.0. The standard InChI is InChI=1S/C13H14N4OS/c1-2-5-17-8-10(7-15-17)18-13-16-11-4-3-9(14)6-12(11)19-13/h3-4,6-8H,2,5,14H2,1H3. The van der Waals surface area contributed by atoms with E-state index in [0.29, 0.717) is 10.9 Å². The molecular weight excluding hydrogens is 260 g/mol. The summed E-state index contributed by atoms with van der Waals surface area (Å²) in [5.74, 6) is 0.709. The summed E-state index contributed by atoms with van der Waals surface area (Å²) in [6.07, 6.45) is 4.63. The highest BCUT2D eigenvalue weighted by molar-refractivity contribution is 7.20. The molecule has 0 saturated carbocycles. The third-order valence-corrected chi connectivity index (χ3v) is 3.56. The molecule has 0 radical (unpaired) electrons. The lowest BCUT2D eigenvalue weighted by Crippen LogP contribution is -1.95. The van der Waals surface area contributed by atoms with Crippen LogP contribution in [0, 0.1) is 0 Å². The van der Waals surface area contributed by atoms with E-state index in [9.17, 15) is 0 Å². The van der Waals surface area contributed by atoms with Gasteiger partial charge in [-0.25, -0.2) is 4.98 Å². The number of anilines is 1. The first kappa shape index (κ1) is 12.0. The van der Waals surface area contributed by atoms with Crippen LogP contribution in [0.3, 0.4) is 0 Å². The van der Waals surface area contributed by atoms with Crippen molar-refractivity contribution in [3.8, 4) is 10.9 Å². The molecular formula is C13H14N4OS. The Kier molecular flexibility index (Phi) is 3.08. The van der Waals surface area contributed by atoms with Crippen LogP contribution in [0.1, 0.15) is 13.3 Å². The van der Waals surface area contributed by atoms with Gasteiger partial charge in [-0.15, -0.1) is 0 Å². The first-order valence-electron chi connectivity index (χ1n) is 6.11. The van der Waals surface area contributed by atoms with E-state index in [1.54, 1.807) is 6.20 Å². The number of aromatic nitrogens is 3. The fourth-order valence-electron chi connectivity index (χ4n) is 1.81. The van der Waals surface area contributed by atoms with E-state index in [1.165, 1.54) is 11.3 Å². The Bertz CT molecular complexity index is 704. The molecule has 3 aromatic rings. The van der Waals surface area contributed by atoms with Gasteiger partial charge in [0, 0.05) is 12.2 Å². The smallest absolute Gasteiger partial charge is 0.279 e. The molecule has 0 aliphatic rings. The minimum atomic E-state index is 0.608. The molecule has 0 unspecified atom stereocenters. The molecule has 0 bridgehead atoms. The molecule has 0 amide bonds. The molecule has 3 rings (SSSR count). The minimum absolute atomic E-state index is 0.608. The summed E-state index contributed by atoms with van der Waals surface area (Å²) in [4.78, 5) is 4.41. The average Bonchev–Trinajstić information content (AvgIpc) is 2.96. The third-order valence-electron chi connectivity index (χ3n) is 2.66. The van der Waals surface area contributed by atoms with Gasteiger partial charge in [-0.3, -0.25) is 4.68 Å². The van der Waals surface area contributed by atoms with Crippen molar-refractivity contribution in [1.82, 2.24) is 14.8 Å². The van der Waals surface area contributed by atoms with Crippen molar-refractivity contribution in [3.63, 3.8) is 0 Å². The lowest BCUT2D eigenvalue weighted by atomic mass is 10.3. The molecule has 0 atom stereocenters. The molecule has 98 valence electrons. The van der Waals surface area contributed by atoms with Crippen molar-refractivity contribution in [1.29, 1.82) is 0 Å². The fourth-order valence-corrected chi connectivity index (χ4v) is 2.70. The summed E-state index contributed by atoms with van der Waals surface area (Å²) in [6.45, 7) is 3.00. The number of nitrogens with two attached hydrogens (primary N) is 1. The number of hydrogen-bond acceptors (Lipinski definition) is 5. The highest BCUT2D eigenvalue weighted by Crippen LogP contribution is 2.32. The van der Waals surface area contributed by atoms with Crippen LogP contribution in [0.5, 0.6) is 10.9 Å². The maximum Gasteiger partial charge on any atom is 0.279 e. The summed E-state index contributed by atoms with van der Waals surface area (Å²) in [6, 6.07) is 5.64. The topological polar surface area (TPSA) is 66.0 Å². The highest BCUT2D eigenvalue weighted by Gasteiger charge is 2.07. The van der Waals surface area contributed by atoms with Crippen LogP contribution in [0.4, 0.5) is 5.69 Å². The summed E-state index contributed by atoms with van der Waals surface area (Å²) < 4.78 is 8.60. The number of aryl methyl sites for hydroxylation is 1. The van der Waals surface area contributed by atoms with E-state index in [4.69, 9.17) is 10.5 Å². The van der Waals surface area contributed by atoms with E-state index in [0.717, 1.165) is 28.9 Å². The Morgan fingerprint density at radius 1 is 1.42 bits per heavy atom. The van der Waals surface area contributed by atoms with Crippen LogP contribution in [0.15, 0.2) is 30.6 Å². The second-order valence-electron chi connectivity index (χ2n) is 4.25. The number of rotatable bonds is 4. The van der Waals surface area contributed by atoms with Crippen LogP contribution in [0.2, 0.25) is 0 Å². The van der Waals surface area contributed by atoms with Crippen molar-refractivity contribution in [2.45, 2.75) is 19.9 Å². The van der Waals surface area contributed by atoms with Crippen molar-refractivity contribution in [3.05, 3.63) is 30.6 Å². The summed E-state index contributed by atoms with van der Waals surface area (Å²) >= 11 is 1.48. The molecule has 0 fully saturated rings. The molecule has 0 aliphatic carbocycles. The zero-order valence-electron chi connectivity index (χ0n) is 10.5. The zero-order chi connectivity index (χ0) is 13.2. The maximum atomic E-state index is 5.75. The Morgan fingerprint density at radius 2 is 2.32 bits per heavy atom. The molecule has 2 aromatic heterocycles. The number of nitrogen functional groups attached to an aromatic ring is 1. The van der Waals surface area contributed by atoms with Crippen molar-refractivity contribution in [2.75, 3.05) is 5.73 Å². The first-order chi connectivity index (χ1) is 9.24. The second kappa shape index (κ2) is 4.89. The lowest BCUT2D eigenvalue weighted by molar-refractivity contribution is 0.478. The first-order valence-corrected chi connectivity index (χ1v) is 6.92. The molecule has 0 spiro atoms. The third kappa shape index (κ3) is 2.53. The number of hydrogen-bond donors (Lipinski definition) is 1. The quantitative estimate of drug-likeness (QED) is 0.741. The molecule has 2 N–H and O–H groups in total. The number of ether oxygens (including phenoxy) is 1. The van der Waals surface area contributed by atoms with Crippen molar-refractivity contribution >= 4 is 27.2 Å². The average molecular weight is 274 g/mol. The Balaban J connectivity index is 1.83. The summed E-state index contributed by atoms with van der Waals surface area (Å²) in [5.41, 5.74) is 7.38. The zero-order valence-corrected chi connectivity index (χ0v) is 11.4. The molecule has 0 saturated heterocycles. The van der Waals surface area contributed by atoms with Crippen LogP contribution in [-0.4, -0.2) is 14.8 Å². The molecule has 6 heteroatoms. The minimum Gasteiger partial charge on any atom is -0.428 e. The number of benzene rings is 1. The van der Waals surface area contributed by atoms with E-state index in [2.05, 4.69) is 17.0 Å². The van der Waals surface area contributed by atoms with Gasteiger partial charge in [-0.1, -0.05) is 18.3 Å². The van der Waals surface area contributed by atoms with Gasteiger partial charge in [0.05, 0.1) is 22.6 Å². The van der Waals surface area contributed by atoms with Gasteiger partial charge in [0.1, 0.15) is 0 Å². The lowest BCUT2D eigenvalue weighted by Gasteiger charge is -1.96. The summed E-state index contributed by atoms with van der Waals surface area (Å²) in [5, 5.41) is 4.83. The van der Waals surface area contributed by atoms with Gasteiger partial charge in [-0.2, -0.15) is 5.10 Å². The van der Waals surface area contributed by atoms with Crippen molar-refractivity contribution < 1.29 is 4.74 Å². The fraction of sp³-hybridized carbons (Fsp3) is 0.231. The number of thiazole rings is 1. The van der Waals surface area contributed by atoms with Gasteiger partial charge < -0.3 is 10.5 Å². The monoisotopic (exact) mass is 274 g/mol. The van der Waals surface area contributed by atoms with Crippen LogP contribution in [0.25, 0.3) is 10.2 Å². The molecule has 2 heterocycles. The van der Waals surface area contributed by atoms with E-state index in [1.807, 2.05) is 29.1 Å². The van der Waals surface area contributed by atoms with Crippen LogP contribution in [-0.2, 0) is 6.54 Å². The van der Waals surface area contributed by atoms with Gasteiger partial charge in [0.25, 0.3) is 5.19 Å². The van der Waals surface area contributed by atoms with Crippen molar-refractivity contribution in [2.24, 2.45) is 0 Å². The van der Waals surface area contributed by atoms with Gasteiger partial charge in [-0.05, 0) is 24.6 Å². The molecule has 5 nitrogen and oxygen atoms in total. The largest absolute Gasteiger partial charge is 0.428 e. The SMILES string of the molecule is CCCn1cc(Oc2nc3ccc(N)cc3s2)cn1. The Morgan fingerprint density at radius 3 is 3.16 bits per heavy atom. The summed E-state index contributed by atoms with van der Waals surface area (Å²) in [7, 11) is 0. The molecule has 0 aliphatic heterocycles. The van der Waals surface area contributed by atoms with Gasteiger partial charge in [0.2, 0.25) is 0 Å². The second-order valence-corrected chi connectivity index (χ2v) is 5.24. The Hall–Kier alpha value is -2.08. The van der Waals surface area contributed by atoms with Gasteiger partial charge in [0.15, 0.2) is 5.75 Å². The van der Waals surface area contributed by atoms with Gasteiger partial charge >= 0.3 is 0 Å².